The van der Waals surface area contributed by atoms with Crippen molar-refractivity contribution in [3.8, 4) is 0 Å². The lowest BCUT2D eigenvalue weighted by atomic mass is 9.85. The van der Waals surface area contributed by atoms with E-state index >= 15 is 0 Å². The van der Waals surface area contributed by atoms with Crippen LogP contribution < -0.4 is 0 Å². The third-order valence-corrected chi connectivity index (χ3v) is 4.11. The van der Waals surface area contributed by atoms with E-state index in [0.717, 1.165) is 0 Å². The Labute approximate surface area is 121 Å². The van der Waals surface area contributed by atoms with Crippen LogP contribution >= 0.6 is 0 Å². The fraction of sp³-hybridized carbons (Fsp3) is 0.400. The molecule has 2 amide bonds. The number of nitrogens with zero attached hydrogens (tertiary/aromatic N) is 1. The number of carboxylic acid groups (broad SMARTS) is 1. The van der Waals surface area contributed by atoms with Gasteiger partial charge in [0.25, 0.3) is 0 Å². The number of likely N-dealkylation sites (tertiary alicyclic amines) is 1. The molecular weight excluding hydrogens is 274 g/mol. The van der Waals surface area contributed by atoms with Crippen LogP contribution in [0.3, 0.4) is 0 Å². The fourth-order valence-electron chi connectivity index (χ4n) is 3.01. The second-order valence-corrected chi connectivity index (χ2v) is 5.41. The molecule has 0 unspecified atom stereocenters. The highest BCUT2D eigenvalue weighted by atomic mass is 16.4. The predicted molar refractivity (Wildman–Crippen MR) is 71.3 cm³/mol. The van der Waals surface area contributed by atoms with Crippen molar-refractivity contribution in [2.24, 2.45) is 11.8 Å². The zero-order chi connectivity index (χ0) is 15.1. The molecule has 1 fully saturated rings. The van der Waals surface area contributed by atoms with Crippen molar-refractivity contribution < 1.29 is 23.9 Å². The van der Waals surface area contributed by atoms with Crippen molar-refractivity contribution in [3.63, 3.8) is 0 Å². The van der Waals surface area contributed by atoms with Gasteiger partial charge in [0.05, 0.1) is 18.4 Å². The molecule has 2 atom stereocenters. The largest absolute Gasteiger partial charge is 0.478 e. The van der Waals surface area contributed by atoms with E-state index in [1.54, 1.807) is 6.92 Å². The molecule has 0 saturated carbocycles. The van der Waals surface area contributed by atoms with Crippen molar-refractivity contribution >= 4 is 17.8 Å². The standard InChI is InChI=1S/C15H15NO5/c1-8-12(15(19)20)6-9(21-8)7-16-13(17)10-4-2-3-5-11(10)14(16)18/h2-3,6,10-11H,4-5,7H2,1H3,(H,19,20)/t10-,11+. The summed E-state index contributed by atoms with van der Waals surface area (Å²) in [6, 6.07) is 1.37. The van der Waals surface area contributed by atoms with E-state index in [1.165, 1.54) is 11.0 Å². The molecule has 0 radical (unpaired) electrons. The zero-order valence-electron chi connectivity index (χ0n) is 11.5. The number of allylic oxidation sites excluding steroid dienone is 2. The second kappa shape index (κ2) is 4.87. The molecule has 21 heavy (non-hydrogen) atoms. The second-order valence-electron chi connectivity index (χ2n) is 5.41. The third-order valence-electron chi connectivity index (χ3n) is 4.11. The van der Waals surface area contributed by atoms with Crippen molar-refractivity contribution in [1.82, 2.24) is 4.90 Å². The SMILES string of the molecule is Cc1oc(CN2C(=O)[C@H]3CC=CC[C@H]3C2=O)cc1C(=O)O. The Hall–Kier alpha value is -2.37. The smallest absolute Gasteiger partial charge is 0.339 e. The minimum Gasteiger partial charge on any atom is -0.478 e. The Morgan fingerprint density at radius 2 is 1.86 bits per heavy atom. The summed E-state index contributed by atoms with van der Waals surface area (Å²) in [5.41, 5.74) is 0.0585. The summed E-state index contributed by atoms with van der Waals surface area (Å²) in [7, 11) is 0. The van der Waals surface area contributed by atoms with Gasteiger partial charge in [0.2, 0.25) is 11.8 Å². The molecule has 3 rings (SSSR count). The summed E-state index contributed by atoms with van der Waals surface area (Å²) in [6.45, 7) is 1.54. The summed E-state index contributed by atoms with van der Waals surface area (Å²) in [4.78, 5) is 36.8. The molecule has 2 aliphatic rings. The quantitative estimate of drug-likeness (QED) is 0.676. The van der Waals surface area contributed by atoms with Gasteiger partial charge in [0.15, 0.2) is 0 Å². The summed E-state index contributed by atoms with van der Waals surface area (Å²) < 4.78 is 5.35. The Morgan fingerprint density at radius 1 is 1.29 bits per heavy atom. The van der Waals surface area contributed by atoms with E-state index in [0.29, 0.717) is 18.6 Å². The number of furan rings is 1. The number of aromatic carboxylic acids is 1. The first kappa shape index (κ1) is 13.6. The van der Waals surface area contributed by atoms with E-state index in [1.807, 2.05) is 12.2 Å². The molecule has 6 nitrogen and oxygen atoms in total. The number of aryl methyl sites for hydroxylation is 1. The molecule has 0 spiro atoms. The van der Waals surface area contributed by atoms with Gasteiger partial charge in [-0.2, -0.15) is 0 Å². The number of carbonyl (C=O) groups excluding carboxylic acids is 2. The number of imide groups is 1. The maximum atomic E-state index is 12.3. The normalized spacial score (nSPS) is 24.5. The topological polar surface area (TPSA) is 87.8 Å². The molecule has 110 valence electrons. The third kappa shape index (κ3) is 2.16. The Bertz CT molecular complexity index is 631. The minimum atomic E-state index is -1.08. The maximum absolute atomic E-state index is 12.3. The number of carbonyl (C=O) groups is 3. The molecule has 1 N–H and O–H groups in total. The van der Waals surface area contributed by atoms with Gasteiger partial charge in [0.1, 0.15) is 17.1 Å². The lowest BCUT2D eigenvalue weighted by Gasteiger charge is -2.14. The number of fused-ring (bicyclic) bond motifs is 1. The first-order chi connectivity index (χ1) is 9.99. The number of amides is 2. The van der Waals surface area contributed by atoms with Crippen molar-refractivity contribution in [3.05, 3.63) is 35.3 Å². The highest BCUT2D eigenvalue weighted by molar-refractivity contribution is 6.05. The lowest BCUT2D eigenvalue weighted by Crippen LogP contribution is -2.30. The molecule has 0 aromatic carbocycles. The zero-order valence-corrected chi connectivity index (χ0v) is 11.5. The van der Waals surface area contributed by atoms with Gasteiger partial charge in [-0.25, -0.2) is 4.79 Å². The molecule has 1 saturated heterocycles. The summed E-state index contributed by atoms with van der Waals surface area (Å²) in [5, 5.41) is 9.00. The maximum Gasteiger partial charge on any atom is 0.339 e. The van der Waals surface area contributed by atoms with Crippen LogP contribution in [0, 0.1) is 18.8 Å². The van der Waals surface area contributed by atoms with Gasteiger partial charge in [-0.3, -0.25) is 14.5 Å². The molecule has 0 bridgehead atoms. The van der Waals surface area contributed by atoms with Crippen LogP contribution in [0.15, 0.2) is 22.6 Å². The molecule has 6 heteroatoms. The highest BCUT2D eigenvalue weighted by Crippen LogP contribution is 2.36. The highest BCUT2D eigenvalue weighted by Gasteiger charge is 2.47. The number of carboxylic acids is 1. The van der Waals surface area contributed by atoms with Crippen LogP contribution in [0.1, 0.15) is 34.7 Å². The van der Waals surface area contributed by atoms with Crippen LogP contribution in [0.5, 0.6) is 0 Å². The molecule has 2 heterocycles. The summed E-state index contributed by atoms with van der Waals surface area (Å²) in [5.74, 6) is -1.44. The monoisotopic (exact) mass is 289 g/mol. The fourth-order valence-corrected chi connectivity index (χ4v) is 3.01. The van der Waals surface area contributed by atoms with Gasteiger partial charge in [-0.05, 0) is 25.8 Å². The summed E-state index contributed by atoms with van der Waals surface area (Å²) >= 11 is 0. The van der Waals surface area contributed by atoms with Gasteiger partial charge in [0, 0.05) is 0 Å². The minimum absolute atomic E-state index is 0.00120. The first-order valence-corrected chi connectivity index (χ1v) is 6.82. The van der Waals surface area contributed by atoms with Gasteiger partial charge in [-0.15, -0.1) is 0 Å². The van der Waals surface area contributed by atoms with E-state index in [2.05, 4.69) is 0 Å². The molecular formula is C15H15NO5. The average molecular weight is 289 g/mol. The van der Waals surface area contributed by atoms with Crippen molar-refractivity contribution in [1.29, 1.82) is 0 Å². The van der Waals surface area contributed by atoms with Crippen LogP contribution in [-0.2, 0) is 16.1 Å². The number of rotatable bonds is 3. The molecule has 1 aromatic rings. The van der Waals surface area contributed by atoms with Crippen LogP contribution in [-0.4, -0.2) is 27.8 Å². The van der Waals surface area contributed by atoms with Gasteiger partial charge in [-0.1, -0.05) is 12.2 Å². The average Bonchev–Trinajstić information content (AvgIpc) is 2.94. The van der Waals surface area contributed by atoms with E-state index < -0.39 is 5.97 Å². The Balaban J connectivity index is 1.82. The van der Waals surface area contributed by atoms with E-state index in [-0.39, 0.29) is 41.5 Å². The van der Waals surface area contributed by atoms with E-state index in [9.17, 15) is 14.4 Å². The molecule has 1 aliphatic heterocycles. The van der Waals surface area contributed by atoms with E-state index in [4.69, 9.17) is 9.52 Å². The molecule has 1 aromatic heterocycles. The summed E-state index contributed by atoms with van der Waals surface area (Å²) in [6.07, 6.45) is 5.03. The van der Waals surface area contributed by atoms with Crippen LogP contribution in [0.25, 0.3) is 0 Å². The van der Waals surface area contributed by atoms with Gasteiger partial charge >= 0.3 is 5.97 Å². The van der Waals surface area contributed by atoms with Crippen molar-refractivity contribution in [2.75, 3.05) is 0 Å². The van der Waals surface area contributed by atoms with Crippen LogP contribution in [0.4, 0.5) is 0 Å². The first-order valence-electron chi connectivity index (χ1n) is 6.82. The Morgan fingerprint density at radius 3 is 2.33 bits per heavy atom. The van der Waals surface area contributed by atoms with Crippen molar-refractivity contribution in [2.45, 2.75) is 26.3 Å². The number of hydrogen-bond donors (Lipinski definition) is 1. The van der Waals surface area contributed by atoms with Crippen LogP contribution in [0.2, 0.25) is 0 Å². The number of hydrogen-bond acceptors (Lipinski definition) is 4. The molecule has 1 aliphatic carbocycles. The lowest BCUT2D eigenvalue weighted by molar-refractivity contribution is -0.140. The Kier molecular flexibility index (Phi) is 3.16. The van der Waals surface area contributed by atoms with Gasteiger partial charge < -0.3 is 9.52 Å². The predicted octanol–water partition coefficient (Wildman–Crippen LogP) is 1.74.